The minimum Gasteiger partial charge on any atom is -0.508 e. The number of carboxylic acids is 1. The molecule has 0 atom stereocenters. The molecule has 0 aromatic heterocycles. The smallest absolute Gasteiger partial charge is 0.337 e. The van der Waals surface area contributed by atoms with Crippen molar-refractivity contribution in [1.82, 2.24) is 0 Å². The second-order valence-electron chi connectivity index (χ2n) is 4.12. The van der Waals surface area contributed by atoms with Gasteiger partial charge in [-0.1, -0.05) is 0 Å². The highest BCUT2D eigenvalue weighted by Gasteiger charge is 2.20. The van der Waals surface area contributed by atoms with E-state index in [1.807, 2.05) is 0 Å². The Labute approximate surface area is 106 Å². The largest absolute Gasteiger partial charge is 0.508 e. The summed E-state index contributed by atoms with van der Waals surface area (Å²) in [6, 6.07) is 8.12. The molecule has 0 spiro atoms. The van der Waals surface area contributed by atoms with Gasteiger partial charge in [0.1, 0.15) is 17.1 Å². The maximum Gasteiger partial charge on any atom is 0.337 e. The molecule has 19 heavy (non-hydrogen) atoms. The summed E-state index contributed by atoms with van der Waals surface area (Å²) in [6.45, 7) is 0. The lowest BCUT2D eigenvalue weighted by Crippen LogP contribution is -2.05. The molecule has 5 nitrogen and oxygen atoms in total. The monoisotopic (exact) mass is 256 g/mol. The molecular formula is C14H8O5. The molecule has 0 radical (unpaired) electrons. The van der Waals surface area contributed by atoms with E-state index in [-0.39, 0.29) is 28.1 Å². The molecule has 0 saturated heterocycles. The van der Waals surface area contributed by atoms with Crippen LogP contribution in [-0.4, -0.2) is 16.2 Å². The van der Waals surface area contributed by atoms with Crippen molar-refractivity contribution in [3.8, 4) is 17.1 Å². The number of aromatic carboxylic acids is 1. The lowest BCUT2D eigenvalue weighted by atomic mass is 10.00. The second kappa shape index (κ2) is 3.84. The normalized spacial score (nSPS) is 10.9. The quantitative estimate of drug-likeness (QED) is 0.652. The second-order valence-corrected chi connectivity index (χ2v) is 4.12. The lowest BCUT2D eigenvalue weighted by molar-refractivity contribution is 0.0699. The first-order valence-electron chi connectivity index (χ1n) is 5.49. The molecule has 2 aliphatic rings. The summed E-state index contributed by atoms with van der Waals surface area (Å²) in [6.07, 6.45) is 0. The number of carboxylic acid groups (broad SMARTS) is 1. The molecule has 0 bridgehead atoms. The van der Waals surface area contributed by atoms with Gasteiger partial charge in [-0.05, 0) is 24.3 Å². The fraction of sp³-hybridized carbons (Fsp3) is 0. The molecule has 1 aliphatic carbocycles. The predicted molar refractivity (Wildman–Crippen MR) is 67.7 cm³/mol. The minimum atomic E-state index is -1.12. The number of phenolic OH excluding ortho intramolecular Hbond substituents is 1. The first-order chi connectivity index (χ1) is 9.06. The molecule has 0 fully saturated rings. The van der Waals surface area contributed by atoms with Gasteiger partial charge in [-0.2, -0.15) is 0 Å². The lowest BCUT2D eigenvalue weighted by Gasteiger charge is -2.11. The summed E-state index contributed by atoms with van der Waals surface area (Å²) in [7, 11) is 0. The van der Waals surface area contributed by atoms with Gasteiger partial charge in [0.25, 0.3) is 0 Å². The Bertz CT molecular complexity index is 831. The van der Waals surface area contributed by atoms with Crippen LogP contribution in [-0.2, 0) is 0 Å². The number of fused-ring (bicyclic) bond motifs is 2. The van der Waals surface area contributed by atoms with Crippen molar-refractivity contribution in [2.45, 2.75) is 0 Å². The standard InChI is InChI=1S/C14H8O5/c15-7-1-3-9-11(5-7)19-12-6-8(16)2-4-10(12)13(9)14(17)18/h1-6,15H,(H,17,18). The average molecular weight is 256 g/mol. The number of hydrogen-bond donors (Lipinski definition) is 2. The van der Waals surface area contributed by atoms with Gasteiger partial charge in [0.15, 0.2) is 5.43 Å². The third-order valence-corrected chi connectivity index (χ3v) is 2.89. The summed E-state index contributed by atoms with van der Waals surface area (Å²) in [5.41, 5.74) is 0.351. The Morgan fingerprint density at radius 1 is 1.11 bits per heavy atom. The number of aromatic hydroxyl groups is 1. The number of carbonyl (C=O) groups is 1. The third-order valence-electron chi connectivity index (χ3n) is 2.89. The minimum absolute atomic E-state index is 0.0368. The summed E-state index contributed by atoms with van der Waals surface area (Å²) < 4.78 is 5.48. The van der Waals surface area contributed by atoms with Crippen molar-refractivity contribution < 1.29 is 19.4 Å². The maximum atomic E-state index is 11.4. The zero-order chi connectivity index (χ0) is 13.6. The zero-order valence-electron chi connectivity index (χ0n) is 9.58. The zero-order valence-corrected chi connectivity index (χ0v) is 9.58. The summed E-state index contributed by atoms with van der Waals surface area (Å²) in [5.74, 6) is -0.969. The van der Waals surface area contributed by atoms with Gasteiger partial charge in [0.05, 0.1) is 5.56 Å². The number of rotatable bonds is 1. The molecule has 1 aromatic carbocycles. The molecule has 2 N–H and O–H groups in total. The van der Waals surface area contributed by atoms with Crippen LogP contribution in [0, 0.1) is 0 Å². The van der Waals surface area contributed by atoms with E-state index < -0.39 is 5.97 Å². The molecule has 1 heterocycles. The van der Waals surface area contributed by atoms with Crippen LogP contribution in [0.15, 0.2) is 45.6 Å². The highest BCUT2D eigenvalue weighted by atomic mass is 16.4. The van der Waals surface area contributed by atoms with Crippen molar-refractivity contribution in [2.75, 3.05) is 0 Å². The van der Waals surface area contributed by atoms with E-state index in [9.17, 15) is 19.8 Å². The SMILES string of the molecule is O=C(O)c1c2ccc(=O)cc-2oc2cc(O)ccc12. The Morgan fingerprint density at radius 2 is 1.89 bits per heavy atom. The van der Waals surface area contributed by atoms with Crippen LogP contribution in [0.5, 0.6) is 5.75 Å². The average Bonchev–Trinajstić information content (AvgIpc) is 2.35. The van der Waals surface area contributed by atoms with Gasteiger partial charge < -0.3 is 14.6 Å². The molecular weight excluding hydrogens is 248 g/mol. The Balaban J connectivity index is 2.57. The van der Waals surface area contributed by atoms with Crippen LogP contribution in [0.1, 0.15) is 10.4 Å². The Morgan fingerprint density at radius 3 is 2.63 bits per heavy atom. The van der Waals surface area contributed by atoms with E-state index in [1.54, 1.807) is 0 Å². The molecule has 1 aromatic rings. The van der Waals surface area contributed by atoms with Crippen LogP contribution in [0.3, 0.4) is 0 Å². The van der Waals surface area contributed by atoms with Crippen LogP contribution in [0.2, 0.25) is 0 Å². The van der Waals surface area contributed by atoms with Crippen LogP contribution >= 0.6 is 0 Å². The topological polar surface area (TPSA) is 87.7 Å². The summed E-state index contributed by atoms with van der Waals surface area (Å²) in [4.78, 5) is 22.7. The third kappa shape index (κ3) is 1.72. The summed E-state index contributed by atoms with van der Waals surface area (Å²) in [5, 5.41) is 19.1. The van der Waals surface area contributed by atoms with E-state index in [0.29, 0.717) is 10.9 Å². The highest BCUT2D eigenvalue weighted by molar-refractivity contribution is 6.08. The number of benzene rings is 2. The van der Waals surface area contributed by atoms with Crippen molar-refractivity contribution in [1.29, 1.82) is 0 Å². The molecule has 0 amide bonds. The number of hydrogen-bond acceptors (Lipinski definition) is 4. The van der Waals surface area contributed by atoms with E-state index in [2.05, 4.69) is 0 Å². The summed E-state index contributed by atoms with van der Waals surface area (Å²) >= 11 is 0. The van der Waals surface area contributed by atoms with Gasteiger partial charge in [-0.15, -0.1) is 0 Å². The Hall–Kier alpha value is -2.82. The van der Waals surface area contributed by atoms with Crippen molar-refractivity contribution in [3.05, 3.63) is 52.2 Å². The van der Waals surface area contributed by atoms with Gasteiger partial charge in [-0.25, -0.2) is 4.79 Å². The maximum absolute atomic E-state index is 11.4. The van der Waals surface area contributed by atoms with E-state index in [0.717, 1.165) is 0 Å². The highest BCUT2D eigenvalue weighted by Crippen LogP contribution is 2.33. The Kier molecular flexibility index (Phi) is 2.28. The number of phenols is 1. The molecule has 1 aliphatic heterocycles. The van der Waals surface area contributed by atoms with Gasteiger partial charge in [-0.3, -0.25) is 4.79 Å². The molecule has 0 saturated carbocycles. The van der Waals surface area contributed by atoms with Crippen molar-refractivity contribution >= 4 is 16.9 Å². The van der Waals surface area contributed by atoms with Crippen LogP contribution in [0.4, 0.5) is 0 Å². The van der Waals surface area contributed by atoms with E-state index in [1.165, 1.54) is 36.4 Å². The fourth-order valence-corrected chi connectivity index (χ4v) is 2.09. The van der Waals surface area contributed by atoms with Crippen molar-refractivity contribution in [2.24, 2.45) is 0 Å². The molecule has 3 rings (SSSR count). The first kappa shape index (κ1) is 11.3. The molecule has 94 valence electrons. The predicted octanol–water partition coefficient (Wildman–Crippen LogP) is 2.30. The van der Waals surface area contributed by atoms with E-state index in [4.69, 9.17) is 4.42 Å². The van der Waals surface area contributed by atoms with Gasteiger partial charge >= 0.3 is 5.97 Å². The molecule has 5 heteroatoms. The van der Waals surface area contributed by atoms with Crippen LogP contribution < -0.4 is 5.43 Å². The van der Waals surface area contributed by atoms with Crippen molar-refractivity contribution in [3.63, 3.8) is 0 Å². The van der Waals surface area contributed by atoms with Crippen LogP contribution in [0.25, 0.3) is 22.3 Å². The van der Waals surface area contributed by atoms with Gasteiger partial charge in [0.2, 0.25) is 0 Å². The first-order valence-corrected chi connectivity index (χ1v) is 5.49. The molecule has 0 unspecified atom stereocenters. The van der Waals surface area contributed by atoms with E-state index >= 15 is 0 Å². The fourth-order valence-electron chi connectivity index (χ4n) is 2.09. The van der Waals surface area contributed by atoms with Gasteiger partial charge in [0, 0.05) is 23.1 Å².